The molecule has 0 radical (unpaired) electrons. The van der Waals surface area contributed by atoms with E-state index in [0.717, 1.165) is 5.56 Å². The maximum atomic E-state index is 11.0. The maximum Gasteiger partial charge on any atom is 0.374 e. The molecule has 20 heavy (non-hydrogen) atoms. The first kappa shape index (κ1) is 14.2. The molecule has 1 aromatic rings. The van der Waals surface area contributed by atoms with Gasteiger partial charge in [0, 0.05) is 13.2 Å². The van der Waals surface area contributed by atoms with Gasteiger partial charge < -0.3 is 9.84 Å². The minimum Gasteiger partial charge on any atom is -0.379 e. The Morgan fingerprint density at radius 1 is 1.35 bits per heavy atom. The zero-order valence-corrected chi connectivity index (χ0v) is 11.0. The third kappa shape index (κ3) is 2.68. The molecule has 0 aromatic heterocycles. The van der Waals surface area contributed by atoms with Gasteiger partial charge in [-0.3, -0.25) is 10.1 Å². The van der Waals surface area contributed by atoms with Crippen molar-refractivity contribution in [1.82, 2.24) is 0 Å². The van der Waals surface area contributed by atoms with Gasteiger partial charge in [-0.25, -0.2) is 0 Å². The SMILES string of the molecule is COC1([N+](=O)[O-])C=CC(C=Cc2ccccc2)=CC1O. The Kier molecular flexibility index (Phi) is 4.12. The molecule has 0 heterocycles. The Morgan fingerprint density at radius 2 is 2.05 bits per heavy atom. The van der Waals surface area contributed by atoms with E-state index in [9.17, 15) is 15.2 Å². The van der Waals surface area contributed by atoms with Gasteiger partial charge in [-0.05, 0) is 23.3 Å². The van der Waals surface area contributed by atoms with Crippen molar-refractivity contribution in [2.24, 2.45) is 0 Å². The van der Waals surface area contributed by atoms with Crippen LogP contribution in [0.4, 0.5) is 0 Å². The summed E-state index contributed by atoms with van der Waals surface area (Å²) in [5.41, 5.74) is -0.200. The first-order valence-corrected chi connectivity index (χ1v) is 6.10. The zero-order valence-electron chi connectivity index (χ0n) is 11.0. The maximum absolute atomic E-state index is 11.0. The lowest BCUT2D eigenvalue weighted by atomic mass is 9.96. The van der Waals surface area contributed by atoms with Crippen LogP contribution in [0.3, 0.4) is 0 Å². The van der Waals surface area contributed by atoms with Crippen LogP contribution in [-0.4, -0.2) is 29.0 Å². The van der Waals surface area contributed by atoms with Crippen molar-refractivity contribution >= 4 is 6.08 Å². The van der Waals surface area contributed by atoms with Gasteiger partial charge in [-0.2, -0.15) is 0 Å². The zero-order chi connectivity index (χ0) is 14.6. The highest BCUT2D eigenvalue weighted by molar-refractivity contribution is 5.55. The number of aliphatic hydroxyl groups excluding tert-OH is 1. The molecule has 5 nitrogen and oxygen atoms in total. The summed E-state index contributed by atoms with van der Waals surface area (Å²) in [5.74, 6) is 0. The van der Waals surface area contributed by atoms with Crippen molar-refractivity contribution in [2.45, 2.75) is 11.8 Å². The van der Waals surface area contributed by atoms with Crippen LogP contribution in [0.15, 0.2) is 60.2 Å². The molecule has 2 atom stereocenters. The van der Waals surface area contributed by atoms with E-state index in [4.69, 9.17) is 4.74 Å². The number of nitro groups is 1. The van der Waals surface area contributed by atoms with Gasteiger partial charge >= 0.3 is 5.72 Å². The lowest BCUT2D eigenvalue weighted by Gasteiger charge is -2.26. The number of nitrogens with zero attached hydrogens (tertiary/aromatic N) is 1. The fourth-order valence-corrected chi connectivity index (χ4v) is 1.97. The van der Waals surface area contributed by atoms with Crippen molar-refractivity contribution in [3.63, 3.8) is 0 Å². The van der Waals surface area contributed by atoms with E-state index in [1.165, 1.54) is 19.3 Å². The Balaban J connectivity index is 2.18. The van der Waals surface area contributed by atoms with E-state index in [-0.39, 0.29) is 0 Å². The summed E-state index contributed by atoms with van der Waals surface area (Å²) < 4.78 is 4.86. The molecule has 0 aliphatic heterocycles. The number of hydrogen-bond donors (Lipinski definition) is 1. The third-order valence-corrected chi connectivity index (χ3v) is 3.17. The summed E-state index contributed by atoms with van der Waals surface area (Å²) in [6.07, 6.45) is 6.57. The summed E-state index contributed by atoms with van der Waals surface area (Å²) in [4.78, 5) is 10.4. The molecule has 0 amide bonds. The van der Waals surface area contributed by atoms with Gasteiger partial charge in [0.1, 0.15) is 0 Å². The Hall–Kier alpha value is -2.24. The quantitative estimate of drug-likeness (QED) is 0.518. The molecule has 1 aromatic carbocycles. The number of benzene rings is 1. The molecular formula is C15H15NO4. The Bertz CT molecular complexity index is 577. The fourth-order valence-electron chi connectivity index (χ4n) is 1.97. The summed E-state index contributed by atoms with van der Waals surface area (Å²) >= 11 is 0. The van der Waals surface area contributed by atoms with Crippen molar-refractivity contribution in [1.29, 1.82) is 0 Å². The number of rotatable bonds is 4. The average molecular weight is 273 g/mol. The van der Waals surface area contributed by atoms with Gasteiger partial charge in [0.2, 0.25) is 0 Å². The van der Waals surface area contributed by atoms with Crippen LogP contribution >= 0.6 is 0 Å². The highest BCUT2D eigenvalue weighted by atomic mass is 16.7. The molecule has 0 spiro atoms. The average Bonchev–Trinajstić information content (AvgIpc) is 2.46. The van der Waals surface area contributed by atoms with Crippen LogP contribution in [-0.2, 0) is 4.74 Å². The molecule has 2 rings (SSSR count). The Labute approximate surface area is 116 Å². The summed E-state index contributed by atoms with van der Waals surface area (Å²) in [6.45, 7) is 0. The van der Waals surface area contributed by atoms with Crippen LogP contribution in [0, 0.1) is 10.1 Å². The third-order valence-electron chi connectivity index (χ3n) is 3.17. The lowest BCUT2D eigenvalue weighted by Crippen LogP contribution is -2.49. The van der Waals surface area contributed by atoms with Crippen molar-refractivity contribution in [3.05, 3.63) is 75.9 Å². The molecule has 0 fully saturated rings. The van der Waals surface area contributed by atoms with E-state index in [1.54, 1.807) is 12.2 Å². The molecule has 0 saturated heterocycles. The number of hydrogen-bond acceptors (Lipinski definition) is 4. The first-order chi connectivity index (χ1) is 9.58. The number of allylic oxidation sites excluding steroid dienone is 3. The molecule has 0 bridgehead atoms. The Morgan fingerprint density at radius 3 is 2.60 bits per heavy atom. The molecule has 2 unspecified atom stereocenters. The van der Waals surface area contributed by atoms with E-state index >= 15 is 0 Å². The van der Waals surface area contributed by atoms with Gasteiger partial charge in [-0.15, -0.1) is 0 Å². The van der Waals surface area contributed by atoms with Crippen LogP contribution in [0.2, 0.25) is 0 Å². The van der Waals surface area contributed by atoms with E-state index in [0.29, 0.717) is 5.57 Å². The van der Waals surface area contributed by atoms with E-state index < -0.39 is 16.8 Å². The minimum absolute atomic E-state index is 0.637. The number of aliphatic hydroxyl groups is 1. The van der Waals surface area contributed by atoms with Crippen LogP contribution < -0.4 is 0 Å². The van der Waals surface area contributed by atoms with Gasteiger partial charge in [0.15, 0.2) is 6.10 Å². The largest absolute Gasteiger partial charge is 0.379 e. The smallest absolute Gasteiger partial charge is 0.374 e. The summed E-state index contributed by atoms with van der Waals surface area (Å²) in [5, 5.41) is 21.0. The molecule has 104 valence electrons. The van der Waals surface area contributed by atoms with Crippen LogP contribution in [0.25, 0.3) is 6.08 Å². The normalized spacial score (nSPS) is 25.7. The standard InChI is InChI=1S/C15H15NO4/c1-20-15(16(18)19)10-9-13(11-14(15)17)8-7-12-5-3-2-4-6-12/h2-11,14,17H,1H3. The van der Waals surface area contributed by atoms with Crippen LogP contribution in [0.5, 0.6) is 0 Å². The van der Waals surface area contributed by atoms with Crippen LogP contribution in [0.1, 0.15) is 5.56 Å². The van der Waals surface area contributed by atoms with Gasteiger partial charge in [-0.1, -0.05) is 42.5 Å². The molecule has 1 aliphatic rings. The van der Waals surface area contributed by atoms with Crippen molar-refractivity contribution in [3.8, 4) is 0 Å². The summed E-state index contributed by atoms with van der Waals surface area (Å²) in [6, 6.07) is 9.64. The highest BCUT2D eigenvalue weighted by Gasteiger charge is 2.49. The number of ether oxygens (including phenoxy) is 1. The second kappa shape index (κ2) is 5.81. The topological polar surface area (TPSA) is 72.6 Å². The number of methoxy groups -OCH3 is 1. The lowest BCUT2D eigenvalue weighted by molar-refractivity contribution is -0.621. The van der Waals surface area contributed by atoms with E-state index in [1.807, 2.05) is 36.4 Å². The predicted octanol–water partition coefficient (Wildman–Crippen LogP) is 2.18. The summed E-state index contributed by atoms with van der Waals surface area (Å²) in [7, 11) is 1.20. The highest BCUT2D eigenvalue weighted by Crippen LogP contribution is 2.26. The second-order valence-corrected chi connectivity index (χ2v) is 4.40. The van der Waals surface area contributed by atoms with Gasteiger partial charge in [0.05, 0.1) is 4.92 Å². The van der Waals surface area contributed by atoms with Crippen molar-refractivity contribution < 1.29 is 14.8 Å². The fraction of sp³-hybridized carbons (Fsp3) is 0.200. The van der Waals surface area contributed by atoms with Gasteiger partial charge in [0.25, 0.3) is 0 Å². The molecule has 1 N–H and O–H groups in total. The second-order valence-electron chi connectivity index (χ2n) is 4.40. The minimum atomic E-state index is -1.90. The molecule has 5 heteroatoms. The van der Waals surface area contributed by atoms with E-state index in [2.05, 4.69) is 0 Å². The molecule has 1 aliphatic carbocycles. The van der Waals surface area contributed by atoms with Crippen molar-refractivity contribution in [2.75, 3.05) is 7.11 Å². The molecule has 0 saturated carbocycles. The predicted molar refractivity (Wildman–Crippen MR) is 75.4 cm³/mol. The monoisotopic (exact) mass is 273 g/mol. The molecular weight excluding hydrogens is 258 g/mol. The first-order valence-electron chi connectivity index (χ1n) is 6.10.